The van der Waals surface area contributed by atoms with E-state index in [9.17, 15) is 13.6 Å². The zero-order valence-corrected chi connectivity index (χ0v) is 12.1. The van der Waals surface area contributed by atoms with Crippen LogP contribution in [0.1, 0.15) is 24.8 Å². The van der Waals surface area contributed by atoms with E-state index < -0.39 is 11.6 Å². The van der Waals surface area contributed by atoms with Gasteiger partial charge in [0.05, 0.1) is 6.42 Å². The van der Waals surface area contributed by atoms with E-state index in [1.165, 1.54) is 12.5 Å². The molecule has 1 aliphatic rings. The van der Waals surface area contributed by atoms with Crippen molar-refractivity contribution in [2.75, 3.05) is 6.54 Å². The van der Waals surface area contributed by atoms with E-state index in [1.807, 2.05) is 0 Å². The first-order valence-electron chi connectivity index (χ1n) is 6.41. The number of hydrogen-bond acceptors (Lipinski definition) is 1. The second-order valence-electron chi connectivity index (χ2n) is 4.94. The molecular formula is C14H16BrF2NO. The average Bonchev–Trinajstić information content (AvgIpc) is 2.77. The Bertz CT molecular complexity index is 467. The van der Waals surface area contributed by atoms with Gasteiger partial charge in [-0.15, -0.1) is 0 Å². The molecule has 1 amide bonds. The maximum atomic E-state index is 13.0. The molecule has 5 heteroatoms. The number of rotatable bonds is 4. The molecule has 2 atom stereocenters. The maximum Gasteiger partial charge on any atom is 0.224 e. The van der Waals surface area contributed by atoms with Crippen LogP contribution in [0.5, 0.6) is 0 Å². The molecule has 1 saturated carbocycles. The minimum absolute atomic E-state index is 0.0802. The fourth-order valence-electron chi connectivity index (χ4n) is 2.36. The molecule has 0 aromatic heterocycles. The van der Waals surface area contributed by atoms with E-state index in [0.717, 1.165) is 25.0 Å². The Morgan fingerprint density at radius 3 is 2.74 bits per heavy atom. The highest BCUT2D eigenvalue weighted by Gasteiger charge is 2.24. The number of hydrogen-bond donors (Lipinski definition) is 1. The van der Waals surface area contributed by atoms with Gasteiger partial charge < -0.3 is 5.32 Å². The molecule has 0 radical (unpaired) electrons. The highest BCUT2D eigenvalue weighted by atomic mass is 79.9. The van der Waals surface area contributed by atoms with Crippen molar-refractivity contribution in [3.8, 4) is 0 Å². The lowest BCUT2D eigenvalue weighted by Crippen LogP contribution is -2.32. The third kappa shape index (κ3) is 4.00. The first kappa shape index (κ1) is 14.4. The van der Waals surface area contributed by atoms with E-state index in [0.29, 0.717) is 22.9 Å². The number of amides is 1. The fourth-order valence-corrected chi connectivity index (χ4v) is 3.14. The van der Waals surface area contributed by atoms with Gasteiger partial charge >= 0.3 is 0 Å². The van der Waals surface area contributed by atoms with Crippen LogP contribution in [0.4, 0.5) is 8.78 Å². The molecule has 0 heterocycles. The summed E-state index contributed by atoms with van der Waals surface area (Å²) in [7, 11) is 0. The third-order valence-corrected chi connectivity index (χ3v) is 4.68. The highest BCUT2D eigenvalue weighted by molar-refractivity contribution is 9.09. The van der Waals surface area contributed by atoms with Gasteiger partial charge in [0.1, 0.15) is 0 Å². The summed E-state index contributed by atoms with van der Waals surface area (Å²) in [6.45, 7) is 0.637. The molecular weight excluding hydrogens is 316 g/mol. The summed E-state index contributed by atoms with van der Waals surface area (Å²) in [4.78, 5) is 12.2. The summed E-state index contributed by atoms with van der Waals surface area (Å²) in [5.74, 6) is -1.50. The highest BCUT2D eigenvalue weighted by Crippen LogP contribution is 2.30. The van der Waals surface area contributed by atoms with E-state index in [4.69, 9.17) is 0 Å². The molecule has 0 bridgehead atoms. The van der Waals surface area contributed by atoms with Crippen LogP contribution >= 0.6 is 15.9 Å². The molecule has 0 saturated heterocycles. The number of carbonyl (C=O) groups is 1. The lowest BCUT2D eigenvalue weighted by molar-refractivity contribution is -0.120. The predicted octanol–water partition coefficient (Wildman–Crippen LogP) is 3.19. The van der Waals surface area contributed by atoms with Crippen molar-refractivity contribution >= 4 is 21.8 Å². The van der Waals surface area contributed by atoms with Crippen LogP contribution in [0, 0.1) is 17.6 Å². The largest absolute Gasteiger partial charge is 0.355 e. The van der Waals surface area contributed by atoms with Gasteiger partial charge in [0.2, 0.25) is 5.91 Å². The van der Waals surface area contributed by atoms with Gasteiger partial charge in [0.25, 0.3) is 0 Å². The molecule has 104 valence electrons. The van der Waals surface area contributed by atoms with Crippen LogP contribution in [0.2, 0.25) is 0 Å². The molecule has 1 aromatic rings. The standard InChI is InChI=1S/C14H16BrF2NO/c15-11-3-1-2-10(11)8-18-14(19)7-9-4-5-12(16)13(17)6-9/h4-6,10-11H,1-3,7-8H2,(H,18,19). The Kier molecular flexibility index (Phi) is 4.91. The maximum absolute atomic E-state index is 13.0. The summed E-state index contributed by atoms with van der Waals surface area (Å²) in [6, 6.07) is 3.54. The Morgan fingerprint density at radius 2 is 2.11 bits per heavy atom. The zero-order chi connectivity index (χ0) is 13.8. The van der Waals surface area contributed by atoms with Gasteiger partial charge in [-0.25, -0.2) is 8.78 Å². The first-order valence-corrected chi connectivity index (χ1v) is 7.32. The van der Waals surface area contributed by atoms with Crippen LogP contribution < -0.4 is 5.32 Å². The molecule has 1 aromatic carbocycles. The fraction of sp³-hybridized carbons (Fsp3) is 0.500. The quantitative estimate of drug-likeness (QED) is 0.843. The van der Waals surface area contributed by atoms with Crippen molar-refractivity contribution in [1.29, 1.82) is 0 Å². The van der Waals surface area contributed by atoms with E-state index in [1.54, 1.807) is 0 Å². The van der Waals surface area contributed by atoms with Crippen LogP contribution in [-0.2, 0) is 11.2 Å². The summed E-state index contributed by atoms with van der Waals surface area (Å²) >= 11 is 3.60. The topological polar surface area (TPSA) is 29.1 Å². The number of benzene rings is 1. The SMILES string of the molecule is O=C(Cc1ccc(F)c(F)c1)NCC1CCCC1Br. The number of nitrogens with one attached hydrogen (secondary N) is 1. The van der Waals surface area contributed by atoms with Gasteiger partial charge in [-0.1, -0.05) is 28.4 Å². The van der Waals surface area contributed by atoms with Crippen molar-refractivity contribution in [2.24, 2.45) is 5.92 Å². The van der Waals surface area contributed by atoms with Gasteiger partial charge in [0.15, 0.2) is 11.6 Å². The Hall–Kier alpha value is -0.970. The summed E-state index contributed by atoms with van der Waals surface area (Å²) < 4.78 is 25.8. The average molecular weight is 332 g/mol. The van der Waals surface area contributed by atoms with Crippen LogP contribution in [0.15, 0.2) is 18.2 Å². The van der Waals surface area contributed by atoms with Gasteiger partial charge in [0, 0.05) is 11.4 Å². The summed E-state index contributed by atoms with van der Waals surface area (Å²) in [6.07, 6.45) is 3.52. The number of carbonyl (C=O) groups excluding carboxylic acids is 1. The minimum Gasteiger partial charge on any atom is -0.355 e. The minimum atomic E-state index is -0.915. The Balaban J connectivity index is 1.82. The van der Waals surface area contributed by atoms with E-state index in [2.05, 4.69) is 21.2 Å². The molecule has 19 heavy (non-hydrogen) atoms. The number of alkyl halides is 1. The third-order valence-electron chi connectivity index (χ3n) is 3.48. The lowest BCUT2D eigenvalue weighted by Gasteiger charge is -2.14. The second-order valence-corrected chi connectivity index (χ2v) is 6.11. The normalized spacial score (nSPS) is 22.5. The zero-order valence-electron chi connectivity index (χ0n) is 10.5. The predicted molar refractivity (Wildman–Crippen MR) is 73.1 cm³/mol. The van der Waals surface area contributed by atoms with Crippen molar-refractivity contribution in [3.63, 3.8) is 0 Å². The van der Waals surface area contributed by atoms with Crippen molar-refractivity contribution in [3.05, 3.63) is 35.4 Å². The molecule has 2 rings (SSSR count). The van der Waals surface area contributed by atoms with Crippen molar-refractivity contribution < 1.29 is 13.6 Å². The number of halogens is 3. The van der Waals surface area contributed by atoms with Gasteiger partial charge in [-0.3, -0.25) is 4.79 Å². The summed E-state index contributed by atoms with van der Waals surface area (Å²) in [5.41, 5.74) is 0.484. The van der Waals surface area contributed by atoms with Crippen LogP contribution in [0.25, 0.3) is 0 Å². The van der Waals surface area contributed by atoms with Gasteiger partial charge in [-0.05, 0) is 36.5 Å². The van der Waals surface area contributed by atoms with Gasteiger partial charge in [-0.2, -0.15) is 0 Å². The Labute approximate surface area is 119 Å². The van der Waals surface area contributed by atoms with E-state index in [-0.39, 0.29) is 12.3 Å². The molecule has 1 fully saturated rings. The first-order chi connectivity index (χ1) is 9.06. The smallest absolute Gasteiger partial charge is 0.224 e. The molecule has 2 nitrogen and oxygen atoms in total. The Morgan fingerprint density at radius 1 is 1.32 bits per heavy atom. The second kappa shape index (κ2) is 6.46. The molecule has 1 N–H and O–H groups in total. The molecule has 0 aliphatic heterocycles. The lowest BCUT2D eigenvalue weighted by atomic mass is 10.1. The van der Waals surface area contributed by atoms with Crippen LogP contribution in [-0.4, -0.2) is 17.3 Å². The van der Waals surface area contributed by atoms with Crippen molar-refractivity contribution in [2.45, 2.75) is 30.5 Å². The van der Waals surface area contributed by atoms with Crippen molar-refractivity contribution in [1.82, 2.24) is 5.32 Å². The summed E-state index contributed by atoms with van der Waals surface area (Å²) in [5, 5.41) is 2.85. The monoisotopic (exact) mass is 331 g/mol. The van der Waals surface area contributed by atoms with Crippen LogP contribution in [0.3, 0.4) is 0 Å². The van der Waals surface area contributed by atoms with E-state index >= 15 is 0 Å². The molecule has 1 aliphatic carbocycles. The molecule has 0 spiro atoms. The molecule has 2 unspecified atom stereocenters.